The van der Waals surface area contributed by atoms with Crippen LogP contribution >= 0.6 is 0 Å². The van der Waals surface area contributed by atoms with E-state index in [0.29, 0.717) is 36.8 Å². The van der Waals surface area contributed by atoms with Crippen molar-refractivity contribution in [3.63, 3.8) is 0 Å². The lowest BCUT2D eigenvalue weighted by Crippen LogP contribution is -2.48. The number of hydrogen-bond donors (Lipinski definition) is 2. The fraction of sp³-hybridized carbons (Fsp3) is 0.435. The van der Waals surface area contributed by atoms with Crippen LogP contribution < -0.4 is 10.6 Å². The lowest BCUT2D eigenvalue weighted by Gasteiger charge is -2.38. The number of guanidine groups is 1. The molecule has 0 unspecified atom stereocenters. The van der Waals surface area contributed by atoms with Gasteiger partial charge in [-0.3, -0.25) is 4.99 Å². The Labute approximate surface area is 183 Å². The van der Waals surface area contributed by atoms with Crippen molar-refractivity contribution in [3.05, 3.63) is 71.0 Å². The largest absolute Gasteiger partial charge is 0.381 e. The minimum atomic E-state index is -3.23. The topological polar surface area (TPSA) is 79.8 Å². The summed E-state index contributed by atoms with van der Waals surface area (Å²) in [6.45, 7) is 2.37. The van der Waals surface area contributed by atoms with Gasteiger partial charge in [0.1, 0.15) is 5.82 Å². The molecule has 168 valence electrons. The second kappa shape index (κ2) is 10.2. The number of halogens is 1. The molecule has 2 aromatic rings. The Morgan fingerprint density at radius 2 is 1.81 bits per heavy atom. The zero-order chi connectivity index (χ0) is 22.3. The minimum Gasteiger partial charge on any atom is -0.381 e. The first kappa shape index (κ1) is 23.2. The highest BCUT2D eigenvalue weighted by atomic mass is 32.2. The van der Waals surface area contributed by atoms with Crippen molar-refractivity contribution >= 4 is 15.8 Å². The van der Waals surface area contributed by atoms with E-state index >= 15 is 0 Å². The van der Waals surface area contributed by atoms with E-state index in [2.05, 4.69) is 27.8 Å². The van der Waals surface area contributed by atoms with E-state index in [1.807, 2.05) is 18.2 Å². The molecule has 0 atom stereocenters. The molecule has 0 radical (unpaired) electrons. The van der Waals surface area contributed by atoms with Gasteiger partial charge in [0, 0.05) is 45.0 Å². The lowest BCUT2D eigenvalue weighted by atomic mass is 9.74. The van der Waals surface area contributed by atoms with Crippen molar-refractivity contribution in [1.29, 1.82) is 0 Å². The number of ether oxygens (including phenoxy) is 1. The molecule has 8 heteroatoms. The monoisotopic (exact) mass is 447 g/mol. The lowest BCUT2D eigenvalue weighted by molar-refractivity contribution is 0.0514. The zero-order valence-electron chi connectivity index (χ0n) is 18.0. The van der Waals surface area contributed by atoms with Gasteiger partial charge in [0.2, 0.25) is 0 Å². The van der Waals surface area contributed by atoms with E-state index in [9.17, 15) is 12.8 Å². The van der Waals surface area contributed by atoms with E-state index in [4.69, 9.17) is 4.74 Å². The highest BCUT2D eigenvalue weighted by Gasteiger charge is 2.34. The molecule has 1 aliphatic rings. The van der Waals surface area contributed by atoms with Crippen LogP contribution in [0.25, 0.3) is 0 Å². The Morgan fingerprint density at radius 3 is 2.45 bits per heavy atom. The highest BCUT2D eigenvalue weighted by molar-refractivity contribution is 7.89. The molecule has 1 saturated heterocycles. The Balaban J connectivity index is 1.69. The van der Waals surface area contributed by atoms with E-state index in [1.54, 1.807) is 7.05 Å². The average Bonchev–Trinajstić information content (AvgIpc) is 2.76. The van der Waals surface area contributed by atoms with Crippen LogP contribution in [0.1, 0.15) is 29.5 Å². The molecular weight excluding hydrogens is 417 g/mol. The SMILES string of the molecule is CN=C(NCc1cc(F)ccc1CS(C)(=O)=O)NCC1(c2ccccc2)CCOCC1. The van der Waals surface area contributed by atoms with Crippen LogP contribution in [-0.2, 0) is 32.3 Å². The van der Waals surface area contributed by atoms with Gasteiger partial charge in [0.25, 0.3) is 0 Å². The molecule has 31 heavy (non-hydrogen) atoms. The van der Waals surface area contributed by atoms with Crippen LogP contribution in [0.2, 0.25) is 0 Å². The number of aliphatic imine (C=N–C) groups is 1. The van der Waals surface area contributed by atoms with Gasteiger partial charge < -0.3 is 15.4 Å². The van der Waals surface area contributed by atoms with Crippen LogP contribution in [0.3, 0.4) is 0 Å². The Morgan fingerprint density at radius 1 is 1.10 bits per heavy atom. The molecule has 0 aliphatic carbocycles. The van der Waals surface area contributed by atoms with Crippen molar-refractivity contribution in [2.24, 2.45) is 4.99 Å². The van der Waals surface area contributed by atoms with Gasteiger partial charge in [-0.25, -0.2) is 12.8 Å². The molecular formula is C23H30FN3O3S. The third-order valence-corrected chi connectivity index (χ3v) is 6.52. The zero-order valence-corrected chi connectivity index (χ0v) is 18.8. The molecule has 1 heterocycles. The Hall–Kier alpha value is -2.45. The summed E-state index contributed by atoms with van der Waals surface area (Å²) < 4.78 is 42.8. The summed E-state index contributed by atoms with van der Waals surface area (Å²) in [6.07, 6.45) is 2.98. The van der Waals surface area contributed by atoms with Crippen LogP contribution in [0.4, 0.5) is 4.39 Å². The number of rotatable bonds is 7. The predicted molar refractivity (Wildman–Crippen MR) is 121 cm³/mol. The van der Waals surface area contributed by atoms with Crippen molar-refractivity contribution < 1.29 is 17.5 Å². The van der Waals surface area contributed by atoms with Gasteiger partial charge in [0.05, 0.1) is 5.75 Å². The molecule has 3 rings (SSSR count). The standard InChI is InChI=1S/C23H30FN3O3S/c1-25-22(26-15-19-14-21(24)9-8-18(19)16-31(2,28)29)27-17-23(10-12-30-13-11-23)20-6-4-3-5-7-20/h3-9,14H,10-13,15-17H2,1-2H3,(H2,25,26,27). The van der Waals surface area contributed by atoms with Gasteiger partial charge in [-0.05, 0) is 41.7 Å². The molecule has 1 fully saturated rings. The first-order valence-electron chi connectivity index (χ1n) is 10.3. The summed E-state index contributed by atoms with van der Waals surface area (Å²) in [5, 5.41) is 6.60. The molecule has 0 aromatic heterocycles. The van der Waals surface area contributed by atoms with Crippen molar-refractivity contribution in [3.8, 4) is 0 Å². The van der Waals surface area contributed by atoms with E-state index in [0.717, 1.165) is 12.8 Å². The van der Waals surface area contributed by atoms with E-state index in [-0.39, 0.29) is 17.7 Å². The van der Waals surface area contributed by atoms with Gasteiger partial charge >= 0.3 is 0 Å². The fourth-order valence-corrected chi connectivity index (χ4v) is 4.80. The van der Waals surface area contributed by atoms with Crippen LogP contribution in [0.5, 0.6) is 0 Å². The summed E-state index contributed by atoms with van der Waals surface area (Å²) in [7, 11) is -1.55. The fourth-order valence-electron chi connectivity index (χ4n) is 3.96. The Kier molecular flexibility index (Phi) is 7.67. The van der Waals surface area contributed by atoms with Gasteiger partial charge in [-0.1, -0.05) is 36.4 Å². The normalized spacial score (nSPS) is 16.7. The van der Waals surface area contributed by atoms with Crippen LogP contribution in [0.15, 0.2) is 53.5 Å². The van der Waals surface area contributed by atoms with Gasteiger partial charge in [-0.2, -0.15) is 0 Å². The molecule has 1 aliphatic heterocycles. The van der Waals surface area contributed by atoms with E-state index < -0.39 is 15.7 Å². The second-order valence-electron chi connectivity index (χ2n) is 8.02. The maximum atomic E-state index is 13.8. The summed E-state index contributed by atoms with van der Waals surface area (Å²) in [5.41, 5.74) is 2.38. The third-order valence-electron chi connectivity index (χ3n) is 5.69. The molecule has 6 nitrogen and oxygen atoms in total. The Bertz CT molecular complexity index is 1000. The number of sulfone groups is 1. The molecule has 0 saturated carbocycles. The number of nitrogens with one attached hydrogen (secondary N) is 2. The smallest absolute Gasteiger partial charge is 0.191 e. The molecule has 2 aromatic carbocycles. The van der Waals surface area contributed by atoms with Crippen LogP contribution in [-0.4, -0.2) is 47.4 Å². The first-order chi connectivity index (χ1) is 14.8. The third kappa shape index (κ3) is 6.51. The predicted octanol–water partition coefficient (Wildman–Crippen LogP) is 2.78. The summed E-state index contributed by atoms with van der Waals surface area (Å²) in [5.74, 6) is 0.0478. The van der Waals surface area contributed by atoms with Crippen molar-refractivity contribution in [2.45, 2.75) is 30.6 Å². The minimum absolute atomic E-state index is 0.0581. The maximum absolute atomic E-state index is 13.8. The molecule has 0 bridgehead atoms. The van der Waals surface area contributed by atoms with Crippen LogP contribution in [0, 0.1) is 5.82 Å². The van der Waals surface area contributed by atoms with Crippen molar-refractivity contribution in [1.82, 2.24) is 10.6 Å². The quantitative estimate of drug-likeness (QED) is 0.504. The summed E-state index contributed by atoms with van der Waals surface area (Å²) in [4.78, 5) is 4.29. The first-order valence-corrected chi connectivity index (χ1v) is 12.4. The number of benzene rings is 2. The van der Waals surface area contributed by atoms with Gasteiger partial charge in [-0.15, -0.1) is 0 Å². The maximum Gasteiger partial charge on any atom is 0.191 e. The van der Waals surface area contributed by atoms with E-state index in [1.165, 1.54) is 30.0 Å². The van der Waals surface area contributed by atoms with Crippen molar-refractivity contribution in [2.75, 3.05) is 33.1 Å². The second-order valence-corrected chi connectivity index (χ2v) is 10.2. The number of hydrogen-bond acceptors (Lipinski definition) is 4. The molecule has 0 spiro atoms. The highest BCUT2D eigenvalue weighted by Crippen LogP contribution is 2.34. The molecule has 2 N–H and O–H groups in total. The summed E-state index contributed by atoms with van der Waals surface area (Å²) >= 11 is 0. The molecule has 0 amide bonds. The van der Waals surface area contributed by atoms with Gasteiger partial charge in [0.15, 0.2) is 15.8 Å². The average molecular weight is 448 g/mol. The summed E-state index contributed by atoms with van der Waals surface area (Å²) in [6, 6.07) is 14.6. The number of nitrogens with zero attached hydrogens (tertiary/aromatic N) is 1.